The van der Waals surface area contributed by atoms with E-state index in [1.54, 1.807) is 17.7 Å². The van der Waals surface area contributed by atoms with Crippen LogP contribution in [-0.2, 0) is 24.9 Å². The van der Waals surface area contributed by atoms with Crippen LogP contribution >= 0.6 is 11.3 Å². The molecule has 1 aliphatic rings. The van der Waals surface area contributed by atoms with E-state index in [0.29, 0.717) is 23.7 Å². The summed E-state index contributed by atoms with van der Waals surface area (Å²) < 4.78 is 11.9. The van der Waals surface area contributed by atoms with Crippen LogP contribution in [0, 0.1) is 52.4 Å². The van der Waals surface area contributed by atoms with Gasteiger partial charge in [0.15, 0.2) is 5.78 Å². The summed E-state index contributed by atoms with van der Waals surface area (Å²) in [6.07, 6.45) is 6.11. The van der Waals surface area contributed by atoms with Gasteiger partial charge in [-0.15, -0.1) is 40.1 Å². The Kier molecular flexibility index (Phi) is 14.6. The smallest absolute Gasteiger partial charge is 0.162 e. The van der Waals surface area contributed by atoms with E-state index in [9.17, 15) is 11.3 Å². The number of carbonyl (C=O) groups is 1. The third-order valence-electron chi connectivity index (χ3n) is 11.7. The standard InChI is InChI=1S/C33H37N2SSi.C17H32O2.Ir/c1-32(2)17-24(18-33(3,4)19-32)21-12-13-26-27(15-21)36-31-29(34-20-35-30(26)31)23-14-22-10-8-9-11-25(22)28(16-23)37(5,6)7;1-10(2)16(11(3)4)14(18)9-15(19)17(12(5)6)13(7)8;/h8-13,15-16,20,24H,17-19H2,1-7H3;9-13,16-18H,1-8H3;/q-1;;/b;14-9-;/i24D;;. The van der Waals surface area contributed by atoms with Gasteiger partial charge in [-0.3, -0.25) is 9.78 Å². The number of hydrogen-bond acceptors (Lipinski definition) is 5. The monoisotopic (exact) mass is 983 g/mol. The van der Waals surface area contributed by atoms with Crippen molar-refractivity contribution in [2.45, 2.75) is 128 Å². The van der Waals surface area contributed by atoms with Crippen molar-refractivity contribution >= 4 is 61.5 Å². The Morgan fingerprint density at radius 3 is 2.00 bits per heavy atom. The summed E-state index contributed by atoms with van der Waals surface area (Å²) >= 11 is 1.76. The molecule has 2 heterocycles. The molecule has 1 N–H and O–H groups in total. The van der Waals surface area contributed by atoms with Gasteiger partial charge in [0, 0.05) is 59.9 Å². The largest absolute Gasteiger partial charge is 0.512 e. The summed E-state index contributed by atoms with van der Waals surface area (Å²) in [7, 11) is -1.60. The van der Waals surface area contributed by atoms with E-state index in [-0.39, 0.29) is 54.3 Å². The first-order chi connectivity index (χ1) is 26.3. The third-order valence-corrected chi connectivity index (χ3v) is 14.9. The van der Waals surface area contributed by atoms with Crippen molar-refractivity contribution in [2.75, 3.05) is 0 Å². The van der Waals surface area contributed by atoms with Gasteiger partial charge < -0.3 is 5.11 Å². The van der Waals surface area contributed by atoms with E-state index in [0.717, 1.165) is 57.1 Å². The number of ketones is 1. The van der Waals surface area contributed by atoms with Gasteiger partial charge in [-0.1, -0.05) is 144 Å². The van der Waals surface area contributed by atoms with Crippen LogP contribution in [0.3, 0.4) is 0 Å². The van der Waals surface area contributed by atoms with Crippen molar-refractivity contribution in [3.05, 3.63) is 78.3 Å². The molecule has 1 fully saturated rings. The summed E-state index contributed by atoms with van der Waals surface area (Å²) in [4.78, 5) is 21.9. The molecule has 0 atom stereocenters. The number of nitrogens with zero attached hydrogens (tertiary/aromatic N) is 2. The van der Waals surface area contributed by atoms with Gasteiger partial charge in [0.25, 0.3) is 0 Å². The second-order valence-corrected chi connectivity index (χ2v) is 26.7. The number of aliphatic hydroxyl groups is 1. The molecule has 6 rings (SSSR count). The van der Waals surface area contributed by atoms with E-state index in [4.69, 9.17) is 9.97 Å². The van der Waals surface area contributed by atoms with Crippen LogP contribution in [0.25, 0.3) is 42.3 Å². The maximum atomic E-state index is 12.3. The van der Waals surface area contributed by atoms with Gasteiger partial charge in [0.05, 0.1) is 19.3 Å². The van der Waals surface area contributed by atoms with Gasteiger partial charge >= 0.3 is 0 Å². The molecular formula is C50H69IrN2O2SSi-. The Labute approximate surface area is 364 Å². The molecule has 0 amide bonds. The first kappa shape index (κ1) is 45.4. The second kappa shape index (κ2) is 18.3. The van der Waals surface area contributed by atoms with Crippen LogP contribution in [0.15, 0.2) is 66.7 Å². The summed E-state index contributed by atoms with van der Waals surface area (Å²) in [6.45, 7) is 33.1. The van der Waals surface area contributed by atoms with Crippen LogP contribution in [0.4, 0.5) is 0 Å². The number of hydrogen-bond donors (Lipinski definition) is 1. The van der Waals surface area contributed by atoms with Crippen molar-refractivity contribution in [3.63, 3.8) is 0 Å². The van der Waals surface area contributed by atoms with Crippen molar-refractivity contribution < 1.29 is 31.4 Å². The Morgan fingerprint density at radius 1 is 0.860 bits per heavy atom. The predicted molar refractivity (Wildman–Crippen MR) is 246 cm³/mol. The summed E-state index contributed by atoms with van der Waals surface area (Å²) in [5, 5.41) is 15.3. The Bertz CT molecular complexity index is 2230. The Morgan fingerprint density at radius 2 is 1.44 bits per heavy atom. The van der Waals surface area contributed by atoms with Crippen molar-refractivity contribution in [3.8, 4) is 11.3 Å². The number of aliphatic hydroxyl groups excluding tert-OH is 1. The van der Waals surface area contributed by atoms with Gasteiger partial charge in [-0.25, -0.2) is 4.98 Å². The molecule has 0 unspecified atom stereocenters. The minimum atomic E-state index is -1.60. The molecule has 0 spiro atoms. The van der Waals surface area contributed by atoms with Gasteiger partial charge in [-0.2, -0.15) is 0 Å². The van der Waals surface area contributed by atoms with E-state index in [1.165, 1.54) is 21.3 Å². The van der Waals surface area contributed by atoms with Crippen LogP contribution in [-0.4, -0.2) is 28.9 Å². The zero-order valence-corrected chi connectivity index (χ0v) is 41.6. The molecule has 57 heavy (non-hydrogen) atoms. The molecule has 2 aromatic heterocycles. The maximum Gasteiger partial charge on any atom is 0.162 e. The third kappa shape index (κ3) is 10.9. The normalized spacial score (nSPS) is 17.1. The number of carbonyl (C=O) groups excluding carboxylic acids is 1. The van der Waals surface area contributed by atoms with E-state index >= 15 is 0 Å². The Balaban J connectivity index is 0.000000319. The fourth-order valence-electron chi connectivity index (χ4n) is 10.0. The maximum absolute atomic E-state index is 12.3. The summed E-state index contributed by atoms with van der Waals surface area (Å²) in [6, 6.07) is 21.3. The van der Waals surface area contributed by atoms with E-state index in [2.05, 4.69) is 157 Å². The van der Waals surface area contributed by atoms with Crippen molar-refractivity contribution in [2.24, 2.45) is 46.3 Å². The van der Waals surface area contributed by atoms with Crippen molar-refractivity contribution in [1.82, 2.24) is 9.97 Å². The second-order valence-electron chi connectivity index (χ2n) is 20.6. The van der Waals surface area contributed by atoms with Crippen LogP contribution < -0.4 is 5.19 Å². The molecule has 311 valence electrons. The zero-order valence-electron chi connectivity index (χ0n) is 38.4. The van der Waals surface area contributed by atoms with Crippen LogP contribution in [0.1, 0.15) is 115 Å². The Hall–Kier alpha value is -2.70. The number of thiophene rings is 1. The number of aromatic nitrogens is 2. The van der Waals surface area contributed by atoms with E-state index < -0.39 is 14.0 Å². The van der Waals surface area contributed by atoms with Crippen LogP contribution in [0.2, 0.25) is 19.6 Å². The first-order valence-corrected chi connectivity index (χ1v) is 25.2. The fourth-order valence-corrected chi connectivity index (χ4v) is 12.8. The average molecular weight is 983 g/mol. The molecular weight excluding hydrogens is 913 g/mol. The number of fused-ring (bicyclic) bond motifs is 4. The fraction of sp³-hybridized carbons (Fsp3) is 0.540. The predicted octanol–water partition coefficient (Wildman–Crippen LogP) is 14.2. The molecule has 1 saturated carbocycles. The summed E-state index contributed by atoms with van der Waals surface area (Å²) in [5.74, 6) is 1.05. The van der Waals surface area contributed by atoms with E-state index in [1.807, 2.05) is 0 Å². The molecule has 0 saturated heterocycles. The first-order valence-electron chi connectivity index (χ1n) is 21.4. The molecule has 3 aromatic carbocycles. The topological polar surface area (TPSA) is 63.1 Å². The molecule has 5 aromatic rings. The molecule has 1 radical (unpaired) electrons. The SMILES string of the molecule is CC(C)C(C(=O)/C=C(\O)C(C(C)C)C(C)C)C(C)C.[2H]C1(c2ccc3c(c2)sc2c(-c4[c-]c5ccccc5c([Si](C)(C)C)c4)ncnc23)CC(C)(C)CC(C)(C)C1.[Ir]. The molecule has 4 nitrogen and oxygen atoms in total. The average Bonchev–Trinajstić information content (AvgIpc) is 3.43. The molecule has 0 bridgehead atoms. The zero-order chi connectivity index (χ0) is 42.4. The van der Waals surface area contributed by atoms with Gasteiger partial charge in [-0.05, 0) is 71.3 Å². The van der Waals surface area contributed by atoms with Gasteiger partial charge in [0.1, 0.15) is 6.33 Å². The molecule has 1 aliphatic carbocycles. The molecule has 0 aliphatic heterocycles. The molecule has 7 heteroatoms. The number of benzene rings is 3. The number of allylic oxidation sites excluding steroid dienone is 2. The summed E-state index contributed by atoms with van der Waals surface area (Å²) in [5.41, 5.74) is 4.44. The number of rotatable bonds is 10. The minimum Gasteiger partial charge on any atom is -0.512 e. The van der Waals surface area contributed by atoms with Crippen molar-refractivity contribution in [1.29, 1.82) is 0 Å². The van der Waals surface area contributed by atoms with Crippen LogP contribution in [0.5, 0.6) is 0 Å². The quantitative estimate of drug-likeness (QED) is 0.0655. The van der Waals surface area contributed by atoms with Gasteiger partial charge in [0.2, 0.25) is 0 Å². The minimum absolute atomic E-state index is 0.